The molecule has 0 atom stereocenters. The topological polar surface area (TPSA) is 105 Å². The zero-order valence-electron chi connectivity index (χ0n) is 18.5. The number of nitro benzene ring substituents is 1. The van der Waals surface area contributed by atoms with Gasteiger partial charge in [0.15, 0.2) is 12.4 Å². The Kier molecular flexibility index (Phi) is 6.97. The highest BCUT2D eigenvalue weighted by Crippen LogP contribution is 2.26. The van der Waals surface area contributed by atoms with Crippen molar-refractivity contribution in [1.82, 2.24) is 4.90 Å². The molecule has 170 valence electrons. The number of benzene rings is 2. The molecule has 32 heavy (non-hydrogen) atoms. The van der Waals surface area contributed by atoms with Crippen LogP contribution in [0.3, 0.4) is 0 Å². The maximum Gasteiger partial charge on any atom is 0.310 e. The van der Waals surface area contributed by atoms with Crippen LogP contribution in [0, 0.1) is 15.5 Å². The van der Waals surface area contributed by atoms with Gasteiger partial charge in [0.25, 0.3) is 5.91 Å². The van der Waals surface area contributed by atoms with Crippen molar-refractivity contribution >= 4 is 28.9 Å². The van der Waals surface area contributed by atoms with E-state index in [1.165, 1.54) is 18.2 Å². The van der Waals surface area contributed by atoms with Crippen LogP contribution in [-0.2, 0) is 9.59 Å². The van der Waals surface area contributed by atoms with Gasteiger partial charge in [0.05, 0.1) is 4.92 Å². The second-order valence-electron chi connectivity index (χ2n) is 8.64. The van der Waals surface area contributed by atoms with Crippen LogP contribution in [0.5, 0.6) is 5.75 Å². The van der Waals surface area contributed by atoms with Gasteiger partial charge >= 0.3 is 5.69 Å². The van der Waals surface area contributed by atoms with E-state index in [1.54, 1.807) is 18.2 Å². The Labute approximate surface area is 187 Å². The molecule has 0 spiro atoms. The summed E-state index contributed by atoms with van der Waals surface area (Å²) in [4.78, 5) is 39.2. The van der Waals surface area contributed by atoms with E-state index in [-0.39, 0.29) is 29.4 Å². The van der Waals surface area contributed by atoms with E-state index in [0.717, 1.165) is 18.8 Å². The smallest absolute Gasteiger partial charge is 0.310 e. The van der Waals surface area contributed by atoms with E-state index in [4.69, 9.17) is 4.74 Å². The van der Waals surface area contributed by atoms with E-state index in [1.807, 2.05) is 37.8 Å². The lowest BCUT2D eigenvalue weighted by atomic mass is 9.94. The molecular formula is C23H28N4O5. The second-order valence-corrected chi connectivity index (χ2v) is 8.64. The van der Waals surface area contributed by atoms with Crippen LogP contribution in [0.15, 0.2) is 48.5 Å². The SMILES string of the molecule is CC(C)(C)C(=O)N1CCN(c2ccc(NC(=O)COc3ccccc3[N+](=O)[O-])cc2)CC1. The molecule has 2 aromatic rings. The molecule has 9 heteroatoms. The van der Waals surface area contributed by atoms with Gasteiger partial charge in [0, 0.05) is 49.0 Å². The molecule has 0 saturated carbocycles. The molecule has 1 aliphatic heterocycles. The highest BCUT2D eigenvalue weighted by molar-refractivity contribution is 5.92. The number of amides is 2. The Hall–Kier alpha value is -3.62. The summed E-state index contributed by atoms with van der Waals surface area (Å²) in [6.45, 7) is 8.31. The van der Waals surface area contributed by atoms with Crippen LogP contribution < -0.4 is 15.0 Å². The van der Waals surface area contributed by atoms with Crippen molar-refractivity contribution in [3.63, 3.8) is 0 Å². The lowest BCUT2D eigenvalue weighted by molar-refractivity contribution is -0.385. The monoisotopic (exact) mass is 440 g/mol. The first-order valence-electron chi connectivity index (χ1n) is 10.5. The summed E-state index contributed by atoms with van der Waals surface area (Å²) >= 11 is 0. The molecule has 1 aliphatic rings. The van der Waals surface area contributed by atoms with Crippen molar-refractivity contribution in [2.75, 3.05) is 43.0 Å². The fraction of sp³-hybridized carbons (Fsp3) is 0.391. The molecule has 1 fully saturated rings. The molecule has 3 rings (SSSR count). The van der Waals surface area contributed by atoms with Crippen LogP contribution in [0.2, 0.25) is 0 Å². The van der Waals surface area contributed by atoms with Crippen molar-refractivity contribution in [2.24, 2.45) is 5.41 Å². The summed E-state index contributed by atoms with van der Waals surface area (Å²) in [5.74, 6) is -0.199. The Morgan fingerprint density at radius 2 is 1.66 bits per heavy atom. The van der Waals surface area contributed by atoms with Gasteiger partial charge in [-0.15, -0.1) is 0 Å². The predicted molar refractivity (Wildman–Crippen MR) is 122 cm³/mol. The Morgan fingerprint density at radius 3 is 2.25 bits per heavy atom. The zero-order valence-corrected chi connectivity index (χ0v) is 18.5. The Morgan fingerprint density at radius 1 is 1.03 bits per heavy atom. The van der Waals surface area contributed by atoms with Gasteiger partial charge in [-0.05, 0) is 30.3 Å². The van der Waals surface area contributed by atoms with Gasteiger partial charge in [-0.2, -0.15) is 0 Å². The molecule has 0 aromatic heterocycles. The summed E-state index contributed by atoms with van der Waals surface area (Å²) in [7, 11) is 0. The number of piperazine rings is 1. The number of para-hydroxylation sites is 2. The minimum Gasteiger partial charge on any atom is -0.477 e. The van der Waals surface area contributed by atoms with Gasteiger partial charge in [-0.25, -0.2) is 0 Å². The summed E-state index contributed by atoms with van der Waals surface area (Å²) in [6.07, 6.45) is 0. The number of nitrogens with one attached hydrogen (secondary N) is 1. The van der Waals surface area contributed by atoms with Crippen LogP contribution in [0.25, 0.3) is 0 Å². The second kappa shape index (κ2) is 9.67. The van der Waals surface area contributed by atoms with Gasteiger partial charge < -0.3 is 19.9 Å². The summed E-state index contributed by atoms with van der Waals surface area (Å²) in [5, 5.41) is 13.7. The highest BCUT2D eigenvalue weighted by atomic mass is 16.6. The molecule has 0 radical (unpaired) electrons. The molecule has 2 aromatic carbocycles. The lowest BCUT2D eigenvalue weighted by Gasteiger charge is -2.38. The third kappa shape index (κ3) is 5.75. The number of ether oxygens (including phenoxy) is 1. The summed E-state index contributed by atoms with van der Waals surface area (Å²) < 4.78 is 5.31. The summed E-state index contributed by atoms with van der Waals surface area (Å²) in [6, 6.07) is 13.3. The third-order valence-electron chi connectivity index (χ3n) is 5.15. The van der Waals surface area contributed by atoms with Gasteiger partial charge in [-0.1, -0.05) is 32.9 Å². The summed E-state index contributed by atoms with van der Waals surface area (Å²) in [5.41, 5.74) is 1.05. The number of carbonyl (C=O) groups excluding carboxylic acids is 2. The average molecular weight is 441 g/mol. The minimum absolute atomic E-state index is 0.0482. The molecule has 0 unspecified atom stereocenters. The van der Waals surface area contributed by atoms with Crippen molar-refractivity contribution in [3.05, 3.63) is 58.6 Å². The first kappa shape index (κ1) is 23.1. The number of hydrogen-bond donors (Lipinski definition) is 1. The third-order valence-corrected chi connectivity index (χ3v) is 5.15. The molecule has 1 heterocycles. The molecule has 0 aliphatic carbocycles. The fourth-order valence-corrected chi connectivity index (χ4v) is 3.47. The predicted octanol–water partition coefficient (Wildman–Crippen LogP) is 3.31. The number of anilines is 2. The quantitative estimate of drug-likeness (QED) is 0.546. The van der Waals surface area contributed by atoms with E-state index in [0.29, 0.717) is 18.8 Å². The van der Waals surface area contributed by atoms with Gasteiger partial charge in [0.2, 0.25) is 5.91 Å². The van der Waals surface area contributed by atoms with Crippen molar-refractivity contribution < 1.29 is 19.2 Å². The van der Waals surface area contributed by atoms with Gasteiger partial charge in [-0.3, -0.25) is 19.7 Å². The molecule has 2 amide bonds. The Bertz CT molecular complexity index is 977. The minimum atomic E-state index is -0.551. The van der Waals surface area contributed by atoms with Crippen LogP contribution >= 0.6 is 0 Å². The van der Waals surface area contributed by atoms with Crippen LogP contribution in [-0.4, -0.2) is 54.4 Å². The molecular weight excluding hydrogens is 412 g/mol. The van der Waals surface area contributed by atoms with Crippen LogP contribution in [0.1, 0.15) is 20.8 Å². The highest BCUT2D eigenvalue weighted by Gasteiger charge is 2.29. The first-order valence-corrected chi connectivity index (χ1v) is 10.5. The maximum absolute atomic E-state index is 12.4. The lowest BCUT2D eigenvalue weighted by Crippen LogP contribution is -2.51. The average Bonchev–Trinajstić information content (AvgIpc) is 2.77. The fourth-order valence-electron chi connectivity index (χ4n) is 3.47. The number of nitro groups is 1. The van der Waals surface area contributed by atoms with Crippen molar-refractivity contribution in [3.8, 4) is 5.75 Å². The van der Waals surface area contributed by atoms with Crippen LogP contribution in [0.4, 0.5) is 17.1 Å². The van der Waals surface area contributed by atoms with E-state index >= 15 is 0 Å². The van der Waals surface area contributed by atoms with E-state index in [2.05, 4.69) is 10.2 Å². The van der Waals surface area contributed by atoms with E-state index < -0.39 is 10.8 Å². The maximum atomic E-state index is 12.4. The number of rotatable bonds is 6. The number of nitrogens with zero attached hydrogens (tertiary/aromatic N) is 3. The number of hydrogen-bond acceptors (Lipinski definition) is 6. The van der Waals surface area contributed by atoms with Gasteiger partial charge in [0.1, 0.15) is 0 Å². The molecule has 9 nitrogen and oxygen atoms in total. The number of carbonyl (C=O) groups is 2. The van der Waals surface area contributed by atoms with Crippen molar-refractivity contribution in [2.45, 2.75) is 20.8 Å². The molecule has 0 bridgehead atoms. The largest absolute Gasteiger partial charge is 0.477 e. The van der Waals surface area contributed by atoms with Crippen molar-refractivity contribution in [1.29, 1.82) is 0 Å². The Balaban J connectivity index is 1.50. The molecule has 1 saturated heterocycles. The van der Waals surface area contributed by atoms with E-state index in [9.17, 15) is 19.7 Å². The normalized spacial score (nSPS) is 14.1. The zero-order chi connectivity index (χ0) is 23.3. The first-order chi connectivity index (χ1) is 15.1. The molecule has 1 N–H and O–H groups in total. The standard InChI is InChI=1S/C23H28N4O5/c1-23(2,3)22(29)26-14-12-25(13-15-26)18-10-8-17(9-11-18)24-21(28)16-32-20-7-5-4-6-19(20)27(30)31/h4-11H,12-16H2,1-3H3,(H,24,28).